The van der Waals surface area contributed by atoms with E-state index in [1.807, 2.05) is 18.2 Å². The van der Waals surface area contributed by atoms with Crippen molar-refractivity contribution in [2.75, 3.05) is 21.3 Å². The highest BCUT2D eigenvalue weighted by molar-refractivity contribution is 7.09. The number of benzene rings is 1. The van der Waals surface area contributed by atoms with Crippen LogP contribution >= 0.6 is 11.3 Å². The van der Waals surface area contributed by atoms with Crippen LogP contribution in [0.5, 0.6) is 11.5 Å². The summed E-state index contributed by atoms with van der Waals surface area (Å²) in [6.45, 7) is 5.54. The number of nitrogens with one attached hydrogen (secondary N) is 2. The Bertz CT molecular complexity index is 713. The molecule has 1 heterocycles. The van der Waals surface area contributed by atoms with Gasteiger partial charge in [-0.3, -0.25) is 4.99 Å². The minimum Gasteiger partial charge on any atom is -0.497 e. The molecular formula is C18H26N4O2S. The van der Waals surface area contributed by atoms with Crippen molar-refractivity contribution in [2.24, 2.45) is 4.99 Å². The molecule has 0 amide bonds. The van der Waals surface area contributed by atoms with Crippen LogP contribution in [0.3, 0.4) is 0 Å². The van der Waals surface area contributed by atoms with E-state index in [1.165, 1.54) is 0 Å². The molecule has 136 valence electrons. The number of aliphatic imine (C=N–C) groups is 1. The molecule has 0 bridgehead atoms. The Hall–Kier alpha value is -2.28. The standard InChI is InChI=1S/C18H26N4O2S/c1-12(2)17-22-14(11-25-17)10-21-18(19-3)20-9-13-6-7-15(23-4)8-16(13)24-5/h6-8,11-12H,9-10H2,1-5H3,(H2,19,20,21). The minimum absolute atomic E-state index is 0.457. The Labute approximate surface area is 153 Å². The lowest BCUT2D eigenvalue weighted by atomic mass is 10.2. The summed E-state index contributed by atoms with van der Waals surface area (Å²) in [6.07, 6.45) is 0. The van der Waals surface area contributed by atoms with Crippen LogP contribution in [-0.4, -0.2) is 32.2 Å². The van der Waals surface area contributed by atoms with Crippen molar-refractivity contribution in [2.45, 2.75) is 32.9 Å². The largest absolute Gasteiger partial charge is 0.497 e. The fourth-order valence-electron chi connectivity index (χ4n) is 2.24. The van der Waals surface area contributed by atoms with Crippen LogP contribution in [0.4, 0.5) is 0 Å². The Morgan fingerprint density at radius 3 is 2.56 bits per heavy atom. The Morgan fingerprint density at radius 1 is 1.20 bits per heavy atom. The maximum atomic E-state index is 5.42. The molecule has 2 aromatic rings. The van der Waals surface area contributed by atoms with Gasteiger partial charge in [0.2, 0.25) is 0 Å². The van der Waals surface area contributed by atoms with Gasteiger partial charge in [-0.25, -0.2) is 4.98 Å². The average Bonchev–Trinajstić information content (AvgIpc) is 3.11. The third-order valence-electron chi connectivity index (χ3n) is 3.66. The number of ether oxygens (including phenoxy) is 2. The zero-order valence-electron chi connectivity index (χ0n) is 15.4. The van der Waals surface area contributed by atoms with Crippen LogP contribution in [0.2, 0.25) is 0 Å². The molecule has 0 atom stereocenters. The lowest BCUT2D eigenvalue weighted by Gasteiger charge is -2.14. The van der Waals surface area contributed by atoms with Crippen molar-refractivity contribution in [3.05, 3.63) is 39.8 Å². The first-order valence-electron chi connectivity index (χ1n) is 8.17. The number of rotatable bonds is 7. The lowest BCUT2D eigenvalue weighted by molar-refractivity contribution is 0.390. The Balaban J connectivity index is 1.92. The summed E-state index contributed by atoms with van der Waals surface area (Å²) in [4.78, 5) is 8.87. The fraction of sp³-hybridized carbons (Fsp3) is 0.444. The molecule has 1 aromatic heterocycles. The van der Waals surface area contributed by atoms with Gasteiger partial charge in [0.1, 0.15) is 11.5 Å². The normalized spacial score (nSPS) is 11.5. The predicted octanol–water partition coefficient (Wildman–Crippen LogP) is 3.15. The highest BCUT2D eigenvalue weighted by Gasteiger charge is 2.08. The maximum absolute atomic E-state index is 5.42. The van der Waals surface area contributed by atoms with E-state index in [-0.39, 0.29) is 0 Å². The van der Waals surface area contributed by atoms with Gasteiger partial charge in [0.15, 0.2) is 5.96 Å². The zero-order valence-corrected chi connectivity index (χ0v) is 16.2. The summed E-state index contributed by atoms with van der Waals surface area (Å²) in [5.41, 5.74) is 2.06. The number of guanidine groups is 1. The minimum atomic E-state index is 0.457. The molecule has 0 aliphatic heterocycles. The quantitative estimate of drug-likeness (QED) is 0.585. The lowest BCUT2D eigenvalue weighted by Crippen LogP contribution is -2.36. The molecule has 6 nitrogen and oxygen atoms in total. The van der Waals surface area contributed by atoms with E-state index in [1.54, 1.807) is 32.6 Å². The van der Waals surface area contributed by atoms with E-state index in [0.717, 1.165) is 33.7 Å². The van der Waals surface area contributed by atoms with Gasteiger partial charge in [0.25, 0.3) is 0 Å². The second-order valence-corrected chi connectivity index (χ2v) is 6.68. The highest BCUT2D eigenvalue weighted by Crippen LogP contribution is 2.24. The molecule has 0 radical (unpaired) electrons. The second kappa shape index (κ2) is 9.27. The van der Waals surface area contributed by atoms with E-state index >= 15 is 0 Å². The predicted molar refractivity (Wildman–Crippen MR) is 103 cm³/mol. The molecule has 1 aromatic carbocycles. The number of hydrogen-bond donors (Lipinski definition) is 2. The number of aromatic nitrogens is 1. The first-order chi connectivity index (χ1) is 12.1. The molecule has 0 unspecified atom stereocenters. The van der Waals surface area contributed by atoms with Crippen molar-refractivity contribution in [1.29, 1.82) is 0 Å². The second-order valence-electron chi connectivity index (χ2n) is 5.79. The monoisotopic (exact) mass is 362 g/mol. The van der Waals surface area contributed by atoms with E-state index < -0.39 is 0 Å². The molecule has 0 fully saturated rings. The first kappa shape index (κ1) is 19.1. The molecule has 2 rings (SSSR count). The van der Waals surface area contributed by atoms with Crippen molar-refractivity contribution >= 4 is 17.3 Å². The van der Waals surface area contributed by atoms with Crippen molar-refractivity contribution in [3.63, 3.8) is 0 Å². The smallest absolute Gasteiger partial charge is 0.191 e. The van der Waals surface area contributed by atoms with E-state index in [9.17, 15) is 0 Å². The van der Waals surface area contributed by atoms with Crippen molar-refractivity contribution in [1.82, 2.24) is 15.6 Å². The number of nitrogens with zero attached hydrogens (tertiary/aromatic N) is 2. The number of hydrogen-bond acceptors (Lipinski definition) is 5. The molecular weight excluding hydrogens is 336 g/mol. The van der Waals surface area contributed by atoms with Crippen LogP contribution in [0.15, 0.2) is 28.6 Å². The molecule has 2 N–H and O–H groups in total. The van der Waals surface area contributed by atoms with E-state index in [0.29, 0.717) is 19.0 Å². The summed E-state index contributed by atoms with van der Waals surface area (Å²) in [5.74, 6) is 2.73. The highest BCUT2D eigenvalue weighted by atomic mass is 32.1. The third kappa shape index (κ3) is 5.35. The van der Waals surface area contributed by atoms with Gasteiger partial charge >= 0.3 is 0 Å². The Kier molecular flexibility index (Phi) is 7.06. The van der Waals surface area contributed by atoms with Crippen LogP contribution in [0.25, 0.3) is 0 Å². The van der Waals surface area contributed by atoms with Crippen LogP contribution in [0.1, 0.15) is 36.0 Å². The number of thiazole rings is 1. The summed E-state index contributed by atoms with van der Waals surface area (Å²) in [6, 6.07) is 5.77. The third-order valence-corrected chi connectivity index (χ3v) is 4.86. The summed E-state index contributed by atoms with van der Waals surface area (Å²) >= 11 is 1.70. The van der Waals surface area contributed by atoms with Gasteiger partial charge in [-0.1, -0.05) is 13.8 Å². The van der Waals surface area contributed by atoms with E-state index in [2.05, 4.69) is 39.8 Å². The van der Waals surface area contributed by atoms with Gasteiger partial charge in [-0.2, -0.15) is 0 Å². The first-order valence-corrected chi connectivity index (χ1v) is 9.05. The van der Waals surface area contributed by atoms with Crippen LogP contribution < -0.4 is 20.1 Å². The molecule has 0 aliphatic rings. The van der Waals surface area contributed by atoms with E-state index in [4.69, 9.17) is 9.47 Å². The van der Waals surface area contributed by atoms with Gasteiger partial charge in [-0.15, -0.1) is 11.3 Å². The molecule has 0 aliphatic carbocycles. The maximum Gasteiger partial charge on any atom is 0.191 e. The van der Waals surface area contributed by atoms with Gasteiger partial charge in [0, 0.05) is 36.5 Å². The van der Waals surface area contributed by atoms with Gasteiger partial charge in [-0.05, 0) is 12.1 Å². The van der Waals surface area contributed by atoms with Crippen molar-refractivity contribution < 1.29 is 9.47 Å². The molecule has 0 saturated carbocycles. The molecule has 0 saturated heterocycles. The van der Waals surface area contributed by atoms with Gasteiger partial charge in [0.05, 0.1) is 31.5 Å². The van der Waals surface area contributed by atoms with Crippen LogP contribution in [-0.2, 0) is 13.1 Å². The molecule has 25 heavy (non-hydrogen) atoms. The topological polar surface area (TPSA) is 67.8 Å². The summed E-state index contributed by atoms with van der Waals surface area (Å²) < 4.78 is 10.6. The zero-order chi connectivity index (χ0) is 18.2. The SMILES string of the molecule is CN=C(NCc1csc(C(C)C)n1)NCc1ccc(OC)cc1OC. The average molecular weight is 362 g/mol. The molecule has 0 spiro atoms. The van der Waals surface area contributed by atoms with Crippen LogP contribution in [0, 0.1) is 0 Å². The summed E-state index contributed by atoms with van der Waals surface area (Å²) in [5, 5.41) is 9.82. The van der Waals surface area contributed by atoms with Crippen molar-refractivity contribution in [3.8, 4) is 11.5 Å². The van der Waals surface area contributed by atoms with Gasteiger partial charge < -0.3 is 20.1 Å². The number of methoxy groups -OCH3 is 2. The fourth-order valence-corrected chi connectivity index (χ4v) is 3.08. The Morgan fingerprint density at radius 2 is 1.96 bits per heavy atom. The summed E-state index contributed by atoms with van der Waals surface area (Å²) in [7, 11) is 5.04. The molecule has 7 heteroatoms.